The fourth-order valence-corrected chi connectivity index (χ4v) is 1.37. The van der Waals surface area contributed by atoms with Gasteiger partial charge in [-0.25, -0.2) is 4.98 Å². The Bertz CT molecular complexity index is 300. The fourth-order valence-electron chi connectivity index (χ4n) is 0.722. The summed E-state index contributed by atoms with van der Waals surface area (Å²) >= 11 is 5.29. The number of aryl methyl sites for hydroxylation is 1. The van der Waals surface area contributed by atoms with Crippen molar-refractivity contribution in [1.29, 1.82) is 0 Å². The van der Waals surface area contributed by atoms with E-state index in [1.807, 2.05) is 6.92 Å². The topological polar surface area (TPSA) is 54.9 Å². The zero-order valence-electron chi connectivity index (χ0n) is 7.44. The first-order valence-corrected chi connectivity index (χ1v) is 5.21. The van der Waals surface area contributed by atoms with Crippen LogP contribution in [0.5, 0.6) is 0 Å². The highest BCUT2D eigenvalue weighted by molar-refractivity contribution is 7.81. The molecule has 0 spiro atoms. The Kier molecular flexibility index (Phi) is 3.68. The minimum Gasteiger partial charge on any atom is -0.300 e. The highest BCUT2D eigenvalue weighted by Crippen LogP contribution is 2.12. The average molecular weight is 217 g/mol. The molecule has 0 saturated heterocycles. The van der Waals surface area contributed by atoms with Crippen LogP contribution in [-0.4, -0.2) is 20.5 Å². The molecule has 1 unspecified atom stereocenters. The van der Waals surface area contributed by atoms with Gasteiger partial charge in [-0.3, -0.25) is 10.1 Å². The van der Waals surface area contributed by atoms with Crippen LogP contribution in [0, 0.1) is 6.92 Å². The molecule has 1 rings (SSSR count). The van der Waals surface area contributed by atoms with Crippen molar-refractivity contribution < 1.29 is 4.79 Å². The maximum atomic E-state index is 11.3. The summed E-state index contributed by atoms with van der Waals surface area (Å²) < 4.78 is 3.95. The smallest absolute Gasteiger partial charge is 0.239 e. The molecular weight excluding hydrogens is 206 g/mol. The number of hydrogen-bond donors (Lipinski definition) is 2. The maximum Gasteiger partial charge on any atom is 0.239 e. The zero-order chi connectivity index (χ0) is 9.84. The minimum absolute atomic E-state index is 0.123. The lowest BCUT2D eigenvalue weighted by Crippen LogP contribution is -2.22. The van der Waals surface area contributed by atoms with Crippen LogP contribution in [0.25, 0.3) is 0 Å². The second kappa shape index (κ2) is 4.57. The number of thiol groups is 1. The van der Waals surface area contributed by atoms with Crippen LogP contribution in [0.4, 0.5) is 5.13 Å². The molecule has 1 atom stereocenters. The summed E-state index contributed by atoms with van der Waals surface area (Å²) in [5, 5.41) is 2.91. The van der Waals surface area contributed by atoms with Crippen molar-refractivity contribution in [3.8, 4) is 0 Å². The maximum absolute atomic E-state index is 11.3. The molecule has 0 fully saturated rings. The van der Waals surface area contributed by atoms with Gasteiger partial charge in [0.05, 0.1) is 5.25 Å². The fraction of sp³-hybridized carbons (Fsp3) is 0.571. The lowest BCUT2D eigenvalue weighted by Gasteiger charge is -2.05. The molecule has 0 radical (unpaired) electrons. The third-order valence-corrected chi connectivity index (χ3v) is 2.77. The SMILES string of the molecule is CCC(S)C(=O)Nc1nc(C)ns1. The van der Waals surface area contributed by atoms with Crippen LogP contribution in [-0.2, 0) is 4.79 Å². The van der Waals surface area contributed by atoms with E-state index in [2.05, 4.69) is 27.3 Å². The molecule has 1 heterocycles. The van der Waals surface area contributed by atoms with E-state index in [9.17, 15) is 4.79 Å². The van der Waals surface area contributed by atoms with Crippen molar-refractivity contribution in [2.24, 2.45) is 0 Å². The summed E-state index contributed by atoms with van der Waals surface area (Å²) in [4.78, 5) is 15.3. The average Bonchev–Trinajstić information content (AvgIpc) is 2.49. The molecule has 0 bridgehead atoms. The van der Waals surface area contributed by atoms with E-state index in [1.54, 1.807) is 6.92 Å². The van der Waals surface area contributed by atoms with Gasteiger partial charge in [0.2, 0.25) is 11.0 Å². The Hall–Kier alpha value is -0.620. The predicted octanol–water partition coefficient (Wildman–Crippen LogP) is 1.49. The number of carbonyl (C=O) groups is 1. The molecule has 1 aromatic rings. The molecule has 0 aliphatic carbocycles. The first kappa shape index (κ1) is 10.5. The second-order valence-corrected chi connectivity index (χ2v) is 3.94. The van der Waals surface area contributed by atoms with E-state index in [0.29, 0.717) is 17.4 Å². The standard InChI is InChI=1S/C7H11N3OS2/c1-3-5(12)6(11)9-7-8-4(2)10-13-7/h5,12H,3H2,1-2H3,(H,8,9,10,11). The molecule has 72 valence electrons. The third kappa shape index (κ3) is 2.96. The van der Waals surface area contributed by atoms with Crippen molar-refractivity contribution >= 4 is 35.2 Å². The predicted molar refractivity (Wildman–Crippen MR) is 56.3 cm³/mol. The molecule has 0 saturated carbocycles. The first-order chi connectivity index (χ1) is 6.13. The lowest BCUT2D eigenvalue weighted by atomic mass is 10.3. The molecule has 6 heteroatoms. The van der Waals surface area contributed by atoms with Gasteiger partial charge < -0.3 is 0 Å². The molecule has 1 aromatic heterocycles. The number of rotatable bonds is 3. The summed E-state index contributed by atoms with van der Waals surface area (Å²) in [7, 11) is 0. The summed E-state index contributed by atoms with van der Waals surface area (Å²) in [5.74, 6) is 0.550. The molecule has 13 heavy (non-hydrogen) atoms. The van der Waals surface area contributed by atoms with Crippen LogP contribution in [0.2, 0.25) is 0 Å². The minimum atomic E-state index is -0.274. The monoisotopic (exact) mass is 217 g/mol. The lowest BCUT2D eigenvalue weighted by molar-refractivity contribution is -0.115. The van der Waals surface area contributed by atoms with Gasteiger partial charge >= 0.3 is 0 Å². The van der Waals surface area contributed by atoms with Crippen molar-refractivity contribution in [2.75, 3.05) is 5.32 Å². The highest BCUT2D eigenvalue weighted by atomic mass is 32.1. The Morgan fingerprint density at radius 2 is 2.46 bits per heavy atom. The van der Waals surface area contributed by atoms with Crippen LogP contribution < -0.4 is 5.32 Å². The van der Waals surface area contributed by atoms with E-state index < -0.39 is 0 Å². The normalized spacial score (nSPS) is 12.5. The summed E-state index contributed by atoms with van der Waals surface area (Å²) in [6.45, 7) is 3.69. The van der Waals surface area contributed by atoms with Crippen molar-refractivity contribution in [2.45, 2.75) is 25.5 Å². The summed E-state index contributed by atoms with van der Waals surface area (Å²) in [5.41, 5.74) is 0. The molecule has 0 aliphatic rings. The van der Waals surface area contributed by atoms with Gasteiger partial charge in [0.1, 0.15) is 5.82 Å². The van der Waals surface area contributed by atoms with Crippen molar-refractivity contribution in [3.63, 3.8) is 0 Å². The molecule has 1 amide bonds. The van der Waals surface area contributed by atoms with Crippen molar-refractivity contribution in [3.05, 3.63) is 5.82 Å². The number of aromatic nitrogens is 2. The Morgan fingerprint density at radius 3 is 2.92 bits per heavy atom. The van der Waals surface area contributed by atoms with Gasteiger partial charge in [0.25, 0.3) is 0 Å². The van der Waals surface area contributed by atoms with E-state index in [4.69, 9.17) is 0 Å². The zero-order valence-corrected chi connectivity index (χ0v) is 9.15. The molecule has 0 aliphatic heterocycles. The quantitative estimate of drug-likeness (QED) is 0.754. The van der Waals surface area contributed by atoms with E-state index in [-0.39, 0.29) is 11.2 Å². The number of nitrogens with one attached hydrogen (secondary N) is 1. The highest BCUT2D eigenvalue weighted by Gasteiger charge is 2.12. The van der Waals surface area contributed by atoms with Gasteiger partial charge in [-0.1, -0.05) is 6.92 Å². The second-order valence-electron chi connectivity index (χ2n) is 2.56. The Morgan fingerprint density at radius 1 is 1.77 bits per heavy atom. The van der Waals surface area contributed by atoms with E-state index in [0.717, 1.165) is 0 Å². The largest absolute Gasteiger partial charge is 0.300 e. The van der Waals surface area contributed by atoms with Gasteiger partial charge in [0, 0.05) is 11.5 Å². The van der Waals surface area contributed by atoms with Gasteiger partial charge in [-0.2, -0.15) is 17.0 Å². The molecule has 0 aromatic carbocycles. The van der Waals surface area contributed by atoms with Crippen molar-refractivity contribution in [1.82, 2.24) is 9.36 Å². The number of hydrogen-bond acceptors (Lipinski definition) is 5. The first-order valence-electron chi connectivity index (χ1n) is 3.92. The Labute approximate surface area is 86.3 Å². The number of nitrogens with zero attached hydrogens (tertiary/aromatic N) is 2. The van der Waals surface area contributed by atoms with Crippen LogP contribution in [0.1, 0.15) is 19.2 Å². The van der Waals surface area contributed by atoms with Gasteiger partial charge in [-0.15, -0.1) is 0 Å². The third-order valence-electron chi connectivity index (χ3n) is 1.45. The van der Waals surface area contributed by atoms with Gasteiger partial charge in [-0.05, 0) is 13.3 Å². The van der Waals surface area contributed by atoms with Gasteiger partial charge in [0.15, 0.2) is 0 Å². The number of amides is 1. The Balaban J connectivity index is 2.54. The molecule has 4 nitrogen and oxygen atoms in total. The molecule has 1 N–H and O–H groups in total. The number of anilines is 1. The van der Waals surface area contributed by atoms with E-state index >= 15 is 0 Å². The summed E-state index contributed by atoms with van der Waals surface area (Å²) in [6.07, 6.45) is 0.701. The van der Waals surface area contributed by atoms with Crippen LogP contribution in [0.3, 0.4) is 0 Å². The summed E-state index contributed by atoms with van der Waals surface area (Å²) in [6, 6.07) is 0. The van der Waals surface area contributed by atoms with Crippen LogP contribution >= 0.6 is 24.2 Å². The van der Waals surface area contributed by atoms with E-state index in [1.165, 1.54) is 11.5 Å². The van der Waals surface area contributed by atoms with Crippen LogP contribution in [0.15, 0.2) is 0 Å². The number of carbonyl (C=O) groups excluding carboxylic acids is 1. The molecular formula is C7H11N3OS2.